The minimum Gasteiger partial charge on any atom is -0.488 e. The van der Waals surface area contributed by atoms with Crippen LogP contribution in [0.15, 0.2) is 51.4 Å². The number of carbonyl (C=O) groups is 1. The van der Waals surface area contributed by atoms with Crippen molar-refractivity contribution in [2.45, 2.75) is 6.61 Å². The Balaban J connectivity index is 2.13. The fourth-order valence-electron chi connectivity index (χ4n) is 1.53. The summed E-state index contributed by atoms with van der Waals surface area (Å²) in [7, 11) is 0. The Morgan fingerprint density at radius 3 is 2.56 bits per heavy atom. The third kappa shape index (κ3) is 3.43. The van der Waals surface area contributed by atoms with Gasteiger partial charge in [-0.15, -0.1) is 0 Å². The largest absolute Gasteiger partial charge is 0.488 e. The van der Waals surface area contributed by atoms with Gasteiger partial charge in [-0.1, -0.05) is 44.0 Å². The Morgan fingerprint density at radius 2 is 1.83 bits per heavy atom. The molecule has 0 aliphatic rings. The lowest BCUT2D eigenvalue weighted by molar-refractivity contribution is 0.111. The fourth-order valence-corrected chi connectivity index (χ4v) is 2.36. The van der Waals surface area contributed by atoms with Crippen LogP contribution in [0.3, 0.4) is 0 Å². The molecule has 2 rings (SSSR count). The highest BCUT2D eigenvalue weighted by Gasteiger charge is 2.04. The van der Waals surface area contributed by atoms with Crippen LogP contribution in [0.1, 0.15) is 15.9 Å². The molecule has 0 bridgehead atoms. The van der Waals surface area contributed by atoms with Crippen molar-refractivity contribution in [2.24, 2.45) is 0 Å². The predicted molar refractivity (Wildman–Crippen MR) is 78.0 cm³/mol. The maximum atomic E-state index is 10.9. The zero-order valence-electron chi connectivity index (χ0n) is 9.40. The van der Waals surface area contributed by atoms with Gasteiger partial charge in [-0.25, -0.2) is 0 Å². The van der Waals surface area contributed by atoms with Gasteiger partial charge in [0.1, 0.15) is 12.4 Å². The molecule has 2 aromatic carbocycles. The van der Waals surface area contributed by atoms with Gasteiger partial charge in [0.15, 0.2) is 6.29 Å². The minimum absolute atomic E-state index is 0.432. The van der Waals surface area contributed by atoms with E-state index in [1.54, 1.807) is 12.1 Å². The van der Waals surface area contributed by atoms with Gasteiger partial charge in [0.05, 0.1) is 5.56 Å². The first-order valence-electron chi connectivity index (χ1n) is 5.31. The predicted octanol–water partition coefficient (Wildman–Crippen LogP) is 4.60. The molecule has 0 radical (unpaired) electrons. The van der Waals surface area contributed by atoms with Gasteiger partial charge in [-0.3, -0.25) is 4.79 Å². The highest BCUT2D eigenvalue weighted by Crippen LogP contribution is 2.23. The lowest BCUT2D eigenvalue weighted by Gasteiger charge is -2.09. The highest BCUT2D eigenvalue weighted by atomic mass is 79.9. The van der Waals surface area contributed by atoms with Crippen LogP contribution in [0.25, 0.3) is 0 Å². The van der Waals surface area contributed by atoms with Crippen LogP contribution in [0, 0.1) is 0 Å². The lowest BCUT2D eigenvalue weighted by atomic mass is 10.2. The van der Waals surface area contributed by atoms with Gasteiger partial charge in [-0.2, -0.15) is 0 Å². The smallest absolute Gasteiger partial charge is 0.153 e. The molecule has 92 valence electrons. The summed E-state index contributed by atoms with van der Waals surface area (Å²) in [5.74, 6) is 0.591. The average molecular weight is 370 g/mol. The minimum atomic E-state index is 0.432. The zero-order chi connectivity index (χ0) is 13.0. The Bertz CT molecular complexity index is 567. The van der Waals surface area contributed by atoms with Crippen molar-refractivity contribution in [3.63, 3.8) is 0 Å². The van der Waals surface area contributed by atoms with Crippen LogP contribution in [0.5, 0.6) is 5.75 Å². The van der Waals surface area contributed by atoms with E-state index in [4.69, 9.17) is 4.74 Å². The molecule has 0 heterocycles. The molecule has 0 aliphatic carbocycles. The standard InChI is InChI=1S/C14H10Br2O2/c15-12-3-1-2-10(6-12)9-18-14-5-4-13(16)7-11(14)8-17/h1-8H,9H2. The van der Waals surface area contributed by atoms with E-state index >= 15 is 0 Å². The van der Waals surface area contributed by atoms with Crippen molar-refractivity contribution in [1.29, 1.82) is 0 Å². The van der Waals surface area contributed by atoms with Crippen molar-refractivity contribution in [3.05, 3.63) is 62.5 Å². The summed E-state index contributed by atoms with van der Waals surface area (Å²) in [5, 5.41) is 0. The summed E-state index contributed by atoms with van der Waals surface area (Å²) in [6.45, 7) is 0.432. The molecule has 4 heteroatoms. The second-order valence-corrected chi connectivity index (χ2v) is 5.55. The molecule has 0 saturated carbocycles. The van der Waals surface area contributed by atoms with E-state index in [1.807, 2.05) is 30.3 Å². The maximum Gasteiger partial charge on any atom is 0.153 e. The molecule has 0 spiro atoms. The number of rotatable bonds is 4. The number of hydrogen-bond donors (Lipinski definition) is 0. The molecule has 0 unspecified atom stereocenters. The van der Waals surface area contributed by atoms with Crippen LogP contribution >= 0.6 is 31.9 Å². The Labute approximate surface area is 122 Å². The molecule has 0 amide bonds. The van der Waals surface area contributed by atoms with E-state index in [-0.39, 0.29) is 0 Å². The number of benzene rings is 2. The van der Waals surface area contributed by atoms with Gasteiger partial charge < -0.3 is 4.74 Å². The third-order valence-corrected chi connectivity index (χ3v) is 3.37. The van der Waals surface area contributed by atoms with Gasteiger partial charge in [0, 0.05) is 8.95 Å². The number of ether oxygens (including phenoxy) is 1. The maximum absolute atomic E-state index is 10.9. The van der Waals surface area contributed by atoms with E-state index in [1.165, 1.54) is 0 Å². The molecule has 0 N–H and O–H groups in total. The normalized spacial score (nSPS) is 10.1. The van der Waals surface area contributed by atoms with E-state index < -0.39 is 0 Å². The van der Waals surface area contributed by atoms with Crippen molar-refractivity contribution in [2.75, 3.05) is 0 Å². The molecule has 0 saturated heterocycles. The Kier molecular flexibility index (Phi) is 4.55. The van der Waals surface area contributed by atoms with E-state index in [0.717, 1.165) is 20.8 Å². The molecular weight excluding hydrogens is 360 g/mol. The Morgan fingerprint density at radius 1 is 1.06 bits per heavy atom. The van der Waals surface area contributed by atoms with Gasteiger partial charge in [-0.05, 0) is 35.9 Å². The number of halogens is 2. The van der Waals surface area contributed by atoms with E-state index in [9.17, 15) is 4.79 Å². The van der Waals surface area contributed by atoms with Crippen LogP contribution in [0.4, 0.5) is 0 Å². The molecule has 18 heavy (non-hydrogen) atoms. The number of carbonyl (C=O) groups excluding carboxylic acids is 1. The zero-order valence-corrected chi connectivity index (χ0v) is 12.6. The second-order valence-electron chi connectivity index (χ2n) is 3.72. The van der Waals surface area contributed by atoms with Crippen molar-refractivity contribution >= 4 is 38.1 Å². The molecule has 2 aromatic rings. The molecule has 0 atom stereocenters. The third-order valence-electron chi connectivity index (χ3n) is 2.38. The molecule has 0 fully saturated rings. The highest BCUT2D eigenvalue weighted by molar-refractivity contribution is 9.10. The van der Waals surface area contributed by atoms with Gasteiger partial charge >= 0.3 is 0 Å². The summed E-state index contributed by atoms with van der Waals surface area (Å²) in [5.41, 5.74) is 1.59. The van der Waals surface area contributed by atoms with Crippen molar-refractivity contribution in [3.8, 4) is 5.75 Å². The number of aldehydes is 1. The first kappa shape index (κ1) is 13.3. The van der Waals surface area contributed by atoms with E-state index in [2.05, 4.69) is 31.9 Å². The lowest BCUT2D eigenvalue weighted by Crippen LogP contribution is -1.98. The average Bonchev–Trinajstić information content (AvgIpc) is 2.37. The Hall–Kier alpha value is -1.13. The summed E-state index contributed by atoms with van der Waals surface area (Å²) in [6.07, 6.45) is 0.793. The van der Waals surface area contributed by atoms with Crippen LogP contribution in [-0.2, 0) is 6.61 Å². The van der Waals surface area contributed by atoms with E-state index in [0.29, 0.717) is 17.9 Å². The van der Waals surface area contributed by atoms with Gasteiger partial charge in [0.25, 0.3) is 0 Å². The molecular formula is C14H10Br2O2. The van der Waals surface area contributed by atoms with Crippen molar-refractivity contribution in [1.82, 2.24) is 0 Å². The fraction of sp³-hybridized carbons (Fsp3) is 0.0714. The second kappa shape index (κ2) is 6.16. The molecule has 0 aromatic heterocycles. The van der Waals surface area contributed by atoms with Crippen LogP contribution in [0.2, 0.25) is 0 Å². The SMILES string of the molecule is O=Cc1cc(Br)ccc1OCc1cccc(Br)c1. The molecule has 2 nitrogen and oxygen atoms in total. The first-order chi connectivity index (χ1) is 8.69. The summed E-state index contributed by atoms with van der Waals surface area (Å²) >= 11 is 6.73. The monoisotopic (exact) mass is 368 g/mol. The topological polar surface area (TPSA) is 26.3 Å². The van der Waals surface area contributed by atoms with Gasteiger partial charge in [0.2, 0.25) is 0 Å². The number of hydrogen-bond acceptors (Lipinski definition) is 2. The summed E-state index contributed by atoms with van der Waals surface area (Å²) in [6, 6.07) is 13.2. The summed E-state index contributed by atoms with van der Waals surface area (Å²) in [4.78, 5) is 10.9. The summed E-state index contributed by atoms with van der Waals surface area (Å²) < 4.78 is 7.52. The quantitative estimate of drug-likeness (QED) is 0.736. The molecule has 0 aliphatic heterocycles. The van der Waals surface area contributed by atoms with Crippen LogP contribution in [-0.4, -0.2) is 6.29 Å². The van der Waals surface area contributed by atoms with Crippen LogP contribution < -0.4 is 4.74 Å². The first-order valence-corrected chi connectivity index (χ1v) is 6.89. The van der Waals surface area contributed by atoms with Crippen molar-refractivity contribution < 1.29 is 9.53 Å².